The summed E-state index contributed by atoms with van der Waals surface area (Å²) in [5.74, 6) is 0.503. The maximum atomic E-state index is 5.90. The van der Waals surface area contributed by atoms with E-state index in [1.807, 2.05) is 18.2 Å². The zero-order chi connectivity index (χ0) is 14.8. The lowest BCUT2D eigenvalue weighted by Gasteiger charge is -2.15. The molecule has 3 rings (SSSR count). The van der Waals surface area contributed by atoms with Gasteiger partial charge in [0.05, 0.1) is 33.1 Å². The molecule has 0 aliphatic rings. The Kier molecular flexibility index (Phi) is 3.76. The quantitative estimate of drug-likeness (QED) is 0.674. The molecule has 0 saturated heterocycles. The van der Waals surface area contributed by atoms with Gasteiger partial charge in [0.15, 0.2) is 0 Å². The Morgan fingerprint density at radius 3 is 3.05 bits per heavy atom. The van der Waals surface area contributed by atoms with Crippen molar-refractivity contribution in [3.8, 4) is 10.6 Å². The molecule has 0 saturated carbocycles. The number of hydrogen-bond acceptors (Lipinski definition) is 6. The van der Waals surface area contributed by atoms with E-state index in [0.717, 1.165) is 26.5 Å². The summed E-state index contributed by atoms with van der Waals surface area (Å²) in [6.45, 7) is 2.69. The van der Waals surface area contributed by atoms with E-state index in [1.54, 1.807) is 24.6 Å². The molecule has 110 valence electrons. The van der Waals surface area contributed by atoms with Crippen LogP contribution in [0.1, 0.15) is 6.92 Å². The molecule has 3 aromatic heterocycles. The fraction of sp³-hybridized carbons (Fsp3) is 0.286. The number of nitrogen functional groups attached to an aromatic ring is 1. The van der Waals surface area contributed by atoms with E-state index in [2.05, 4.69) is 27.4 Å². The van der Waals surface area contributed by atoms with Gasteiger partial charge in [-0.15, -0.1) is 11.3 Å². The van der Waals surface area contributed by atoms with Crippen molar-refractivity contribution in [2.45, 2.75) is 13.0 Å². The van der Waals surface area contributed by atoms with E-state index in [9.17, 15) is 0 Å². The molecule has 7 heteroatoms. The number of H-pyrrole nitrogens is 1. The Labute approximate surface area is 126 Å². The molecule has 4 N–H and O–H groups in total. The van der Waals surface area contributed by atoms with Crippen LogP contribution in [0.5, 0.6) is 0 Å². The Morgan fingerprint density at radius 1 is 1.48 bits per heavy atom. The molecule has 0 radical (unpaired) electrons. The van der Waals surface area contributed by atoms with Crippen molar-refractivity contribution < 1.29 is 4.74 Å². The largest absolute Gasteiger partial charge is 0.384 e. The second kappa shape index (κ2) is 5.71. The van der Waals surface area contributed by atoms with Crippen molar-refractivity contribution in [2.75, 3.05) is 24.8 Å². The first-order chi connectivity index (χ1) is 10.2. The highest BCUT2D eigenvalue weighted by molar-refractivity contribution is 7.22. The van der Waals surface area contributed by atoms with Crippen molar-refractivity contribution in [3.63, 3.8) is 0 Å². The summed E-state index contributed by atoms with van der Waals surface area (Å²) >= 11 is 1.66. The van der Waals surface area contributed by atoms with Gasteiger partial charge in [-0.05, 0) is 19.1 Å². The third kappa shape index (κ3) is 2.84. The third-order valence-electron chi connectivity index (χ3n) is 3.08. The van der Waals surface area contributed by atoms with Crippen molar-refractivity contribution >= 4 is 33.1 Å². The number of fused-ring (bicyclic) bond motifs is 1. The standard InChI is InChI=1S/C14H17N5OS/c1-8(7-20-2)17-11-6-13(15)18-10-5-12(21-14(10)11)9-3-4-16-19-9/h3-6,8H,7H2,1-2H3,(H,16,19)(H3,15,17,18)/t8-/m1/s1. The van der Waals surface area contributed by atoms with Crippen LogP contribution in [0.2, 0.25) is 0 Å². The SMILES string of the molecule is COC[C@@H](C)Nc1cc(N)nc2cc(-c3ccn[nH]3)sc12. The highest BCUT2D eigenvalue weighted by Crippen LogP contribution is 2.37. The summed E-state index contributed by atoms with van der Waals surface area (Å²) in [5.41, 5.74) is 8.75. The van der Waals surface area contributed by atoms with Crippen LogP contribution < -0.4 is 11.1 Å². The zero-order valence-corrected chi connectivity index (χ0v) is 12.7. The van der Waals surface area contributed by atoms with Crippen LogP contribution in [0.3, 0.4) is 0 Å². The van der Waals surface area contributed by atoms with Gasteiger partial charge in [0.1, 0.15) is 5.82 Å². The van der Waals surface area contributed by atoms with E-state index in [-0.39, 0.29) is 6.04 Å². The highest BCUT2D eigenvalue weighted by atomic mass is 32.1. The van der Waals surface area contributed by atoms with E-state index >= 15 is 0 Å². The monoisotopic (exact) mass is 303 g/mol. The maximum Gasteiger partial charge on any atom is 0.126 e. The van der Waals surface area contributed by atoms with Crippen LogP contribution in [-0.2, 0) is 4.74 Å². The van der Waals surface area contributed by atoms with Crippen LogP contribution >= 0.6 is 11.3 Å². The molecule has 21 heavy (non-hydrogen) atoms. The normalized spacial score (nSPS) is 12.7. The van der Waals surface area contributed by atoms with Gasteiger partial charge < -0.3 is 15.8 Å². The number of anilines is 2. The smallest absolute Gasteiger partial charge is 0.126 e. The Hall–Kier alpha value is -2.12. The van der Waals surface area contributed by atoms with Crippen LogP contribution in [0, 0.1) is 0 Å². The number of aromatic nitrogens is 3. The number of pyridine rings is 1. The number of thiophene rings is 1. The first-order valence-electron chi connectivity index (χ1n) is 6.62. The van der Waals surface area contributed by atoms with Crippen molar-refractivity contribution in [3.05, 3.63) is 24.4 Å². The molecule has 0 aliphatic heterocycles. The lowest BCUT2D eigenvalue weighted by molar-refractivity contribution is 0.190. The van der Waals surface area contributed by atoms with Crippen molar-refractivity contribution in [2.24, 2.45) is 0 Å². The average molecular weight is 303 g/mol. The minimum absolute atomic E-state index is 0.192. The number of nitrogens with two attached hydrogens (primary N) is 1. The van der Waals surface area contributed by atoms with E-state index < -0.39 is 0 Å². The average Bonchev–Trinajstić information content (AvgIpc) is 3.06. The number of nitrogens with one attached hydrogen (secondary N) is 2. The molecule has 0 fully saturated rings. The summed E-state index contributed by atoms with van der Waals surface area (Å²) in [4.78, 5) is 5.49. The van der Waals surface area contributed by atoms with Crippen molar-refractivity contribution in [1.82, 2.24) is 15.2 Å². The Morgan fingerprint density at radius 2 is 2.33 bits per heavy atom. The summed E-state index contributed by atoms with van der Waals surface area (Å²) in [6.07, 6.45) is 1.74. The minimum atomic E-state index is 0.192. The van der Waals surface area contributed by atoms with Crippen LogP contribution in [0.25, 0.3) is 20.8 Å². The highest BCUT2D eigenvalue weighted by Gasteiger charge is 2.13. The van der Waals surface area contributed by atoms with Gasteiger partial charge in [-0.25, -0.2) is 4.98 Å². The topological polar surface area (TPSA) is 88.8 Å². The molecule has 0 aliphatic carbocycles. The van der Waals surface area contributed by atoms with Crippen molar-refractivity contribution in [1.29, 1.82) is 0 Å². The molecule has 0 unspecified atom stereocenters. The summed E-state index contributed by atoms with van der Waals surface area (Å²) in [5, 5.41) is 10.4. The molecule has 6 nitrogen and oxygen atoms in total. The summed E-state index contributed by atoms with van der Waals surface area (Å²) < 4.78 is 6.24. The number of methoxy groups -OCH3 is 1. The van der Waals surface area contributed by atoms with Gasteiger partial charge in [-0.2, -0.15) is 5.10 Å². The summed E-state index contributed by atoms with van der Waals surface area (Å²) in [7, 11) is 1.69. The number of ether oxygens (including phenoxy) is 1. The molecule has 3 aromatic rings. The second-order valence-electron chi connectivity index (χ2n) is 4.89. The van der Waals surface area contributed by atoms with Gasteiger partial charge in [-0.1, -0.05) is 0 Å². The van der Waals surface area contributed by atoms with Gasteiger partial charge in [0.25, 0.3) is 0 Å². The summed E-state index contributed by atoms with van der Waals surface area (Å²) in [6, 6.07) is 6.02. The predicted molar refractivity (Wildman–Crippen MR) is 86.6 cm³/mol. The molecule has 0 aromatic carbocycles. The number of rotatable bonds is 5. The van der Waals surface area contributed by atoms with Gasteiger partial charge >= 0.3 is 0 Å². The first kappa shape index (κ1) is 13.8. The molecule has 0 bridgehead atoms. The molecule has 0 amide bonds. The predicted octanol–water partition coefficient (Wildman–Crippen LogP) is 2.72. The van der Waals surface area contributed by atoms with Crippen LogP contribution in [-0.4, -0.2) is 34.9 Å². The van der Waals surface area contributed by atoms with E-state index in [4.69, 9.17) is 10.5 Å². The molecule has 0 spiro atoms. The Balaban J connectivity index is 2.03. The molecule has 1 atom stereocenters. The third-order valence-corrected chi connectivity index (χ3v) is 4.27. The van der Waals surface area contributed by atoms with Gasteiger partial charge in [0.2, 0.25) is 0 Å². The maximum absolute atomic E-state index is 5.90. The lowest BCUT2D eigenvalue weighted by Crippen LogP contribution is -2.20. The molecular formula is C14H17N5OS. The minimum Gasteiger partial charge on any atom is -0.384 e. The molecule has 3 heterocycles. The van der Waals surface area contributed by atoms with Crippen LogP contribution in [0.4, 0.5) is 11.5 Å². The molecular weight excluding hydrogens is 286 g/mol. The number of aromatic amines is 1. The lowest BCUT2D eigenvalue weighted by atomic mass is 10.2. The number of hydrogen-bond donors (Lipinski definition) is 3. The fourth-order valence-electron chi connectivity index (χ4n) is 2.23. The first-order valence-corrected chi connectivity index (χ1v) is 7.44. The van der Waals surface area contributed by atoms with Gasteiger partial charge in [-0.3, -0.25) is 5.10 Å². The van der Waals surface area contributed by atoms with Crippen LogP contribution in [0.15, 0.2) is 24.4 Å². The van der Waals surface area contributed by atoms with E-state index in [1.165, 1.54) is 0 Å². The fourth-order valence-corrected chi connectivity index (χ4v) is 3.28. The Bertz CT molecular complexity index is 737. The zero-order valence-electron chi connectivity index (χ0n) is 11.9. The van der Waals surface area contributed by atoms with Gasteiger partial charge in [0, 0.05) is 25.4 Å². The second-order valence-corrected chi connectivity index (χ2v) is 5.94. The number of nitrogens with zero attached hydrogens (tertiary/aromatic N) is 2. The van der Waals surface area contributed by atoms with E-state index in [0.29, 0.717) is 12.4 Å².